The molecule has 0 aliphatic rings. The first kappa shape index (κ1) is 10.5. The number of hydrogen-bond acceptors (Lipinski definition) is 2. The summed E-state index contributed by atoms with van der Waals surface area (Å²) in [6, 6.07) is 5.68. The average molecular weight is 244 g/mol. The third-order valence-electron chi connectivity index (χ3n) is 2.15. The molecule has 0 aliphatic carbocycles. The molecule has 0 aliphatic heterocycles. The van der Waals surface area contributed by atoms with Gasteiger partial charge in [-0.2, -0.15) is 0 Å². The van der Waals surface area contributed by atoms with Gasteiger partial charge in [0, 0.05) is 0 Å². The molecule has 13 heavy (non-hydrogen) atoms. The van der Waals surface area contributed by atoms with E-state index in [0.29, 0.717) is 18.2 Å². The normalized spacial score (nSPS) is 12.8. The fourth-order valence-electron chi connectivity index (χ4n) is 1.34. The number of halogens is 1. The molecule has 0 saturated heterocycles. The minimum absolute atomic E-state index is 0.308. The van der Waals surface area contributed by atoms with E-state index in [1.807, 2.05) is 18.2 Å². The number of benzene rings is 1. The highest BCUT2D eigenvalue weighted by atomic mass is 79.9. The molecule has 0 amide bonds. The SMILES string of the molecule is CC(CCN)c1cccc(Br)c1O. The third-order valence-corrected chi connectivity index (χ3v) is 2.79. The Morgan fingerprint density at radius 2 is 2.23 bits per heavy atom. The lowest BCUT2D eigenvalue weighted by Gasteiger charge is -2.12. The number of aromatic hydroxyl groups is 1. The highest BCUT2D eigenvalue weighted by molar-refractivity contribution is 9.10. The Balaban J connectivity index is 2.93. The first-order valence-corrected chi connectivity index (χ1v) is 5.13. The van der Waals surface area contributed by atoms with Gasteiger partial charge in [0.1, 0.15) is 5.75 Å². The van der Waals surface area contributed by atoms with Crippen molar-refractivity contribution in [2.45, 2.75) is 19.3 Å². The molecule has 72 valence electrons. The van der Waals surface area contributed by atoms with Crippen LogP contribution >= 0.6 is 15.9 Å². The van der Waals surface area contributed by atoms with E-state index in [2.05, 4.69) is 22.9 Å². The fraction of sp³-hybridized carbons (Fsp3) is 0.400. The highest BCUT2D eigenvalue weighted by Crippen LogP contribution is 2.33. The molecule has 2 nitrogen and oxygen atoms in total. The molecular weight excluding hydrogens is 230 g/mol. The molecule has 1 unspecified atom stereocenters. The Labute approximate surface area is 86.9 Å². The molecule has 3 N–H and O–H groups in total. The quantitative estimate of drug-likeness (QED) is 0.858. The van der Waals surface area contributed by atoms with Gasteiger partial charge in [0.05, 0.1) is 4.47 Å². The zero-order valence-electron chi connectivity index (χ0n) is 7.63. The maximum absolute atomic E-state index is 9.71. The lowest BCUT2D eigenvalue weighted by molar-refractivity contribution is 0.457. The fourth-order valence-corrected chi connectivity index (χ4v) is 1.72. The van der Waals surface area contributed by atoms with Gasteiger partial charge < -0.3 is 10.8 Å². The van der Waals surface area contributed by atoms with E-state index < -0.39 is 0 Å². The molecule has 0 heterocycles. The van der Waals surface area contributed by atoms with Gasteiger partial charge in [-0.25, -0.2) is 0 Å². The van der Waals surface area contributed by atoms with Crippen molar-refractivity contribution in [3.8, 4) is 5.75 Å². The van der Waals surface area contributed by atoms with Gasteiger partial charge in [-0.1, -0.05) is 19.1 Å². The van der Waals surface area contributed by atoms with Crippen LogP contribution in [0.25, 0.3) is 0 Å². The molecule has 1 atom stereocenters. The lowest BCUT2D eigenvalue weighted by Crippen LogP contribution is -2.04. The second kappa shape index (κ2) is 4.63. The number of rotatable bonds is 3. The Hall–Kier alpha value is -0.540. The summed E-state index contributed by atoms with van der Waals surface area (Å²) in [6.45, 7) is 2.71. The van der Waals surface area contributed by atoms with Gasteiger partial charge in [-0.3, -0.25) is 0 Å². The molecule has 3 heteroatoms. The highest BCUT2D eigenvalue weighted by Gasteiger charge is 2.10. The minimum Gasteiger partial charge on any atom is -0.506 e. The van der Waals surface area contributed by atoms with Gasteiger partial charge in [0.15, 0.2) is 0 Å². The topological polar surface area (TPSA) is 46.2 Å². The maximum Gasteiger partial charge on any atom is 0.133 e. The molecule has 1 rings (SSSR count). The van der Waals surface area contributed by atoms with Gasteiger partial charge in [0.25, 0.3) is 0 Å². The van der Waals surface area contributed by atoms with Crippen LogP contribution in [-0.4, -0.2) is 11.7 Å². The summed E-state index contributed by atoms with van der Waals surface area (Å²) in [4.78, 5) is 0. The largest absolute Gasteiger partial charge is 0.506 e. The van der Waals surface area contributed by atoms with E-state index in [-0.39, 0.29) is 0 Å². The van der Waals surface area contributed by atoms with Crippen LogP contribution in [0.3, 0.4) is 0 Å². The molecule has 0 radical (unpaired) electrons. The Morgan fingerprint density at radius 1 is 1.54 bits per heavy atom. The van der Waals surface area contributed by atoms with Crippen molar-refractivity contribution in [1.82, 2.24) is 0 Å². The van der Waals surface area contributed by atoms with Crippen LogP contribution < -0.4 is 5.73 Å². The third kappa shape index (κ3) is 2.45. The van der Waals surface area contributed by atoms with Gasteiger partial charge in [-0.15, -0.1) is 0 Å². The number of para-hydroxylation sites is 1. The number of phenols is 1. The van der Waals surface area contributed by atoms with Crippen molar-refractivity contribution < 1.29 is 5.11 Å². The number of phenolic OH excluding ortho intramolecular Hbond substituents is 1. The van der Waals surface area contributed by atoms with E-state index in [4.69, 9.17) is 5.73 Å². The minimum atomic E-state index is 0.308. The Morgan fingerprint density at radius 3 is 2.85 bits per heavy atom. The summed E-state index contributed by atoms with van der Waals surface area (Å²) in [5, 5.41) is 9.71. The first-order valence-electron chi connectivity index (χ1n) is 4.34. The number of nitrogens with two attached hydrogens (primary N) is 1. The zero-order valence-corrected chi connectivity index (χ0v) is 9.21. The van der Waals surface area contributed by atoms with E-state index in [1.54, 1.807) is 0 Å². The maximum atomic E-state index is 9.71. The van der Waals surface area contributed by atoms with Crippen LogP contribution in [-0.2, 0) is 0 Å². The average Bonchev–Trinajstić information content (AvgIpc) is 2.10. The Kier molecular flexibility index (Phi) is 3.75. The van der Waals surface area contributed by atoms with Crippen LogP contribution in [0, 0.1) is 0 Å². The lowest BCUT2D eigenvalue weighted by atomic mass is 9.97. The molecule has 1 aromatic rings. The van der Waals surface area contributed by atoms with E-state index >= 15 is 0 Å². The van der Waals surface area contributed by atoms with Gasteiger partial charge in [-0.05, 0) is 46.4 Å². The summed E-state index contributed by atoms with van der Waals surface area (Å²) in [5.74, 6) is 0.644. The van der Waals surface area contributed by atoms with Crippen molar-refractivity contribution in [2.75, 3.05) is 6.54 Å². The van der Waals surface area contributed by atoms with E-state index in [9.17, 15) is 5.11 Å². The summed E-state index contributed by atoms with van der Waals surface area (Å²) >= 11 is 3.28. The molecule has 0 bridgehead atoms. The second-order valence-electron chi connectivity index (χ2n) is 3.16. The first-order chi connectivity index (χ1) is 6.16. The van der Waals surface area contributed by atoms with Crippen molar-refractivity contribution >= 4 is 15.9 Å². The van der Waals surface area contributed by atoms with Crippen molar-refractivity contribution in [3.63, 3.8) is 0 Å². The van der Waals surface area contributed by atoms with Crippen LogP contribution in [0.2, 0.25) is 0 Å². The summed E-state index contributed by atoms with van der Waals surface area (Å²) in [7, 11) is 0. The molecule has 0 fully saturated rings. The molecule has 0 aromatic heterocycles. The summed E-state index contributed by atoms with van der Waals surface area (Å²) in [5.41, 5.74) is 6.42. The second-order valence-corrected chi connectivity index (χ2v) is 4.01. The van der Waals surface area contributed by atoms with Gasteiger partial charge in [0.2, 0.25) is 0 Å². The molecule has 0 saturated carbocycles. The van der Waals surface area contributed by atoms with Crippen molar-refractivity contribution in [2.24, 2.45) is 5.73 Å². The van der Waals surface area contributed by atoms with E-state index in [0.717, 1.165) is 16.5 Å². The van der Waals surface area contributed by atoms with Crippen molar-refractivity contribution in [3.05, 3.63) is 28.2 Å². The van der Waals surface area contributed by atoms with Crippen LogP contribution in [0.1, 0.15) is 24.8 Å². The van der Waals surface area contributed by atoms with Gasteiger partial charge >= 0.3 is 0 Å². The number of hydrogen-bond donors (Lipinski definition) is 2. The monoisotopic (exact) mass is 243 g/mol. The standard InChI is InChI=1S/C10H14BrNO/c1-7(5-6-12)8-3-2-4-9(11)10(8)13/h2-4,7,13H,5-6,12H2,1H3. The van der Waals surface area contributed by atoms with Crippen LogP contribution in [0.4, 0.5) is 0 Å². The van der Waals surface area contributed by atoms with Crippen LogP contribution in [0.15, 0.2) is 22.7 Å². The Bertz CT molecular complexity index is 288. The predicted octanol–water partition coefficient (Wildman–Crippen LogP) is 2.61. The smallest absolute Gasteiger partial charge is 0.133 e. The van der Waals surface area contributed by atoms with Crippen LogP contribution in [0.5, 0.6) is 5.75 Å². The van der Waals surface area contributed by atoms with Crippen molar-refractivity contribution in [1.29, 1.82) is 0 Å². The summed E-state index contributed by atoms with van der Waals surface area (Å²) < 4.78 is 0.744. The zero-order chi connectivity index (χ0) is 9.84. The predicted molar refractivity (Wildman–Crippen MR) is 57.9 cm³/mol. The molecular formula is C10H14BrNO. The molecule has 0 spiro atoms. The molecule has 1 aromatic carbocycles. The summed E-state index contributed by atoms with van der Waals surface area (Å²) in [6.07, 6.45) is 0.893. The van der Waals surface area contributed by atoms with E-state index in [1.165, 1.54) is 0 Å².